The van der Waals surface area contributed by atoms with Crippen LogP contribution in [0.25, 0.3) is 0 Å². The molecule has 0 heterocycles. The number of sulfonamides is 1. The molecule has 27 heavy (non-hydrogen) atoms. The van der Waals surface area contributed by atoms with Gasteiger partial charge < -0.3 is 10.1 Å². The second kappa shape index (κ2) is 9.21. The SMILES string of the molecule is COc1ccc(C(CC(=O)NC(C)c2ccc(Cl)cc2)NS(C)(=O)=O)cc1. The summed E-state index contributed by atoms with van der Waals surface area (Å²) in [7, 11) is -1.95. The van der Waals surface area contributed by atoms with E-state index in [2.05, 4.69) is 10.0 Å². The van der Waals surface area contributed by atoms with Crippen LogP contribution in [-0.2, 0) is 14.8 Å². The molecule has 0 radical (unpaired) electrons. The predicted molar refractivity (Wildman–Crippen MR) is 106 cm³/mol. The number of hydrogen-bond donors (Lipinski definition) is 2. The fourth-order valence-electron chi connectivity index (χ4n) is 2.64. The van der Waals surface area contributed by atoms with Gasteiger partial charge in [0.05, 0.1) is 25.4 Å². The summed E-state index contributed by atoms with van der Waals surface area (Å²) in [5, 5.41) is 3.50. The second-order valence-corrected chi connectivity index (χ2v) is 8.48. The zero-order chi connectivity index (χ0) is 20.0. The molecule has 2 atom stereocenters. The molecule has 146 valence electrons. The van der Waals surface area contributed by atoms with Crippen LogP contribution in [0.15, 0.2) is 48.5 Å². The van der Waals surface area contributed by atoms with Crippen molar-refractivity contribution in [2.75, 3.05) is 13.4 Å². The highest BCUT2D eigenvalue weighted by Gasteiger charge is 2.21. The number of carbonyl (C=O) groups excluding carboxylic acids is 1. The van der Waals surface area contributed by atoms with Gasteiger partial charge >= 0.3 is 0 Å². The van der Waals surface area contributed by atoms with Gasteiger partial charge in [-0.3, -0.25) is 4.79 Å². The van der Waals surface area contributed by atoms with Crippen molar-refractivity contribution in [2.24, 2.45) is 0 Å². The van der Waals surface area contributed by atoms with Crippen molar-refractivity contribution in [3.63, 3.8) is 0 Å². The molecule has 0 saturated carbocycles. The first-order valence-electron chi connectivity index (χ1n) is 8.34. The molecule has 2 aromatic carbocycles. The summed E-state index contributed by atoms with van der Waals surface area (Å²) >= 11 is 5.88. The number of ether oxygens (including phenoxy) is 1. The lowest BCUT2D eigenvalue weighted by atomic mass is 10.0. The Morgan fingerprint density at radius 3 is 2.15 bits per heavy atom. The molecule has 0 bridgehead atoms. The minimum atomic E-state index is -3.49. The molecule has 2 aromatic rings. The van der Waals surface area contributed by atoms with Crippen LogP contribution in [0.1, 0.15) is 36.6 Å². The Morgan fingerprint density at radius 2 is 1.63 bits per heavy atom. The standard InChI is InChI=1S/C19H23ClN2O4S/c1-13(14-4-8-16(20)9-5-14)21-19(23)12-18(22-27(3,24)25)15-6-10-17(26-2)11-7-15/h4-11,13,18,22H,12H2,1-3H3,(H,21,23). The van der Waals surface area contributed by atoms with Gasteiger partial charge in [0, 0.05) is 11.4 Å². The first kappa shape index (κ1) is 21.2. The van der Waals surface area contributed by atoms with Crippen molar-refractivity contribution < 1.29 is 17.9 Å². The monoisotopic (exact) mass is 410 g/mol. The Hall–Kier alpha value is -2.09. The minimum Gasteiger partial charge on any atom is -0.497 e. The van der Waals surface area contributed by atoms with E-state index in [9.17, 15) is 13.2 Å². The van der Waals surface area contributed by atoms with Gasteiger partial charge in [-0.2, -0.15) is 0 Å². The van der Waals surface area contributed by atoms with Crippen LogP contribution in [0.4, 0.5) is 0 Å². The van der Waals surface area contributed by atoms with Crippen LogP contribution >= 0.6 is 11.6 Å². The molecule has 0 aromatic heterocycles. The summed E-state index contributed by atoms with van der Waals surface area (Å²) in [6.45, 7) is 1.85. The van der Waals surface area contributed by atoms with Crippen LogP contribution in [0, 0.1) is 0 Å². The number of methoxy groups -OCH3 is 1. The first-order valence-corrected chi connectivity index (χ1v) is 10.6. The quantitative estimate of drug-likeness (QED) is 0.699. The Morgan fingerprint density at radius 1 is 1.07 bits per heavy atom. The van der Waals surface area contributed by atoms with E-state index >= 15 is 0 Å². The van der Waals surface area contributed by atoms with Crippen molar-refractivity contribution >= 4 is 27.5 Å². The fourth-order valence-corrected chi connectivity index (χ4v) is 3.51. The van der Waals surface area contributed by atoms with Gasteiger partial charge in [0.25, 0.3) is 0 Å². The topological polar surface area (TPSA) is 84.5 Å². The number of hydrogen-bond acceptors (Lipinski definition) is 4. The number of benzene rings is 2. The largest absolute Gasteiger partial charge is 0.497 e. The lowest BCUT2D eigenvalue weighted by Crippen LogP contribution is -2.34. The molecule has 1 amide bonds. The summed E-state index contributed by atoms with van der Waals surface area (Å²) in [5.74, 6) is 0.382. The molecular weight excluding hydrogens is 388 g/mol. The van der Waals surface area contributed by atoms with Crippen molar-refractivity contribution in [3.05, 3.63) is 64.7 Å². The zero-order valence-corrected chi connectivity index (χ0v) is 17.0. The van der Waals surface area contributed by atoms with Crippen LogP contribution in [-0.4, -0.2) is 27.7 Å². The number of rotatable bonds is 8. The van der Waals surface area contributed by atoms with E-state index in [0.29, 0.717) is 16.3 Å². The van der Waals surface area contributed by atoms with E-state index in [0.717, 1.165) is 11.8 Å². The van der Waals surface area contributed by atoms with Crippen LogP contribution in [0.2, 0.25) is 5.02 Å². The van der Waals surface area contributed by atoms with E-state index in [-0.39, 0.29) is 18.4 Å². The summed E-state index contributed by atoms with van der Waals surface area (Å²) < 4.78 is 31.1. The zero-order valence-electron chi connectivity index (χ0n) is 15.4. The van der Waals surface area contributed by atoms with E-state index in [1.54, 1.807) is 43.5 Å². The number of halogens is 1. The smallest absolute Gasteiger partial charge is 0.222 e. The molecule has 6 nitrogen and oxygen atoms in total. The fraction of sp³-hybridized carbons (Fsp3) is 0.316. The van der Waals surface area contributed by atoms with Gasteiger partial charge in [0.1, 0.15) is 5.75 Å². The summed E-state index contributed by atoms with van der Waals surface area (Å²) in [6.07, 6.45) is 1.04. The average Bonchev–Trinajstić information content (AvgIpc) is 2.60. The van der Waals surface area contributed by atoms with Crippen molar-refractivity contribution in [3.8, 4) is 5.75 Å². The molecule has 0 aliphatic rings. The maximum absolute atomic E-state index is 12.5. The van der Waals surface area contributed by atoms with E-state index in [4.69, 9.17) is 16.3 Å². The maximum Gasteiger partial charge on any atom is 0.222 e. The van der Waals surface area contributed by atoms with Crippen LogP contribution < -0.4 is 14.8 Å². The van der Waals surface area contributed by atoms with E-state index < -0.39 is 16.1 Å². The maximum atomic E-state index is 12.5. The molecule has 0 aliphatic carbocycles. The molecule has 2 N–H and O–H groups in total. The summed E-state index contributed by atoms with van der Waals surface area (Å²) in [6, 6.07) is 13.2. The Labute approximate surface area is 164 Å². The summed E-state index contributed by atoms with van der Waals surface area (Å²) in [5.41, 5.74) is 1.58. The molecule has 8 heteroatoms. The van der Waals surface area contributed by atoms with Gasteiger partial charge in [0.15, 0.2) is 0 Å². The average molecular weight is 411 g/mol. The van der Waals surface area contributed by atoms with Crippen molar-refractivity contribution in [1.29, 1.82) is 0 Å². The Balaban J connectivity index is 2.11. The third-order valence-electron chi connectivity index (χ3n) is 4.01. The number of nitrogens with one attached hydrogen (secondary N) is 2. The number of carbonyl (C=O) groups is 1. The molecule has 0 saturated heterocycles. The van der Waals surface area contributed by atoms with E-state index in [1.807, 2.05) is 19.1 Å². The normalized spacial score (nSPS) is 13.6. The van der Waals surface area contributed by atoms with Gasteiger partial charge in [0.2, 0.25) is 15.9 Å². The van der Waals surface area contributed by atoms with Crippen molar-refractivity contribution in [1.82, 2.24) is 10.0 Å². The molecule has 2 rings (SSSR count). The Bertz CT molecular complexity index is 868. The molecule has 0 aliphatic heterocycles. The highest BCUT2D eigenvalue weighted by molar-refractivity contribution is 7.88. The third-order valence-corrected chi connectivity index (χ3v) is 4.98. The highest BCUT2D eigenvalue weighted by atomic mass is 35.5. The van der Waals surface area contributed by atoms with Crippen LogP contribution in [0.3, 0.4) is 0 Å². The molecular formula is C19H23ClN2O4S. The summed E-state index contributed by atoms with van der Waals surface area (Å²) in [4.78, 5) is 12.5. The van der Waals surface area contributed by atoms with Crippen LogP contribution in [0.5, 0.6) is 5.75 Å². The molecule has 2 unspecified atom stereocenters. The minimum absolute atomic E-state index is 0.0304. The van der Waals surface area contributed by atoms with Crippen molar-refractivity contribution in [2.45, 2.75) is 25.4 Å². The highest BCUT2D eigenvalue weighted by Crippen LogP contribution is 2.22. The predicted octanol–water partition coefficient (Wildman–Crippen LogP) is 3.21. The lowest BCUT2D eigenvalue weighted by molar-refractivity contribution is -0.122. The molecule has 0 fully saturated rings. The van der Waals surface area contributed by atoms with Gasteiger partial charge in [-0.25, -0.2) is 13.1 Å². The first-order chi connectivity index (χ1) is 12.7. The third kappa shape index (κ3) is 6.86. The Kier molecular flexibility index (Phi) is 7.24. The van der Waals surface area contributed by atoms with Gasteiger partial charge in [-0.15, -0.1) is 0 Å². The van der Waals surface area contributed by atoms with Gasteiger partial charge in [-0.05, 0) is 42.3 Å². The number of amides is 1. The van der Waals surface area contributed by atoms with Gasteiger partial charge in [-0.1, -0.05) is 35.9 Å². The lowest BCUT2D eigenvalue weighted by Gasteiger charge is -2.20. The van der Waals surface area contributed by atoms with E-state index in [1.165, 1.54) is 0 Å². The molecule has 0 spiro atoms. The second-order valence-electron chi connectivity index (χ2n) is 6.26.